The normalized spacial score (nSPS) is 12.4. The third kappa shape index (κ3) is 8.48. The second-order valence-corrected chi connectivity index (χ2v) is 8.86. The molecule has 2 rings (SSSR count). The molecule has 1 unspecified atom stereocenters. The maximum absolute atomic E-state index is 11.7. The lowest BCUT2D eigenvalue weighted by Crippen LogP contribution is -2.36. The molecule has 33 heavy (non-hydrogen) atoms. The van der Waals surface area contributed by atoms with Crippen molar-refractivity contribution in [2.24, 2.45) is 5.92 Å². The summed E-state index contributed by atoms with van der Waals surface area (Å²) in [5.74, 6) is 1.04. The van der Waals surface area contributed by atoms with Gasteiger partial charge in [-0.2, -0.15) is 0 Å². The van der Waals surface area contributed by atoms with Crippen molar-refractivity contribution in [2.45, 2.75) is 66.5 Å². The van der Waals surface area contributed by atoms with Gasteiger partial charge in [0.05, 0.1) is 5.56 Å². The van der Waals surface area contributed by atoms with Crippen molar-refractivity contribution in [2.75, 3.05) is 37.7 Å². The van der Waals surface area contributed by atoms with Gasteiger partial charge in [-0.25, -0.2) is 0 Å². The lowest BCUT2D eigenvalue weighted by Gasteiger charge is -2.27. The van der Waals surface area contributed by atoms with Gasteiger partial charge >= 0.3 is 5.97 Å². The Morgan fingerprint density at radius 1 is 1.15 bits per heavy atom. The summed E-state index contributed by atoms with van der Waals surface area (Å²) >= 11 is 0. The largest absolute Gasteiger partial charge is 0.463 e. The van der Waals surface area contributed by atoms with E-state index in [1.807, 2.05) is 37.3 Å². The number of anilines is 1. The van der Waals surface area contributed by atoms with E-state index in [-0.39, 0.29) is 12.6 Å². The standard InChI is InChI=1S/C26H41N3O4/c1-6-12-24(31)32-19-22(30)17-28(16-15-20(4)5)18-23-25(21-13-10-9-11-14-21)27-33-26(23)29(7-2)8-3/h9-11,13-14,20,22,30H,6-8,12,15-19H2,1-5H3. The number of carbonyl (C=O) groups is 1. The van der Waals surface area contributed by atoms with Crippen LogP contribution in [-0.4, -0.2) is 60.0 Å². The lowest BCUT2D eigenvalue weighted by atomic mass is 10.1. The van der Waals surface area contributed by atoms with Crippen LogP contribution in [0, 0.1) is 5.92 Å². The minimum atomic E-state index is -0.755. The highest BCUT2D eigenvalue weighted by molar-refractivity contribution is 5.69. The van der Waals surface area contributed by atoms with Gasteiger partial charge in [0.1, 0.15) is 18.4 Å². The van der Waals surface area contributed by atoms with Crippen molar-refractivity contribution in [1.82, 2.24) is 10.1 Å². The van der Waals surface area contributed by atoms with Gasteiger partial charge in [-0.1, -0.05) is 56.3 Å². The number of carbonyl (C=O) groups excluding carboxylic acids is 1. The number of hydrogen-bond donors (Lipinski definition) is 1. The first-order valence-corrected chi connectivity index (χ1v) is 12.2. The number of nitrogens with zero attached hydrogens (tertiary/aromatic N) is 3. The van der Waals surface area contributed by atoms with Crippen LogP contribution in [0.1, 0.15) is 59.4 Å². The molecule has 0 amide bonds. The van der Waals surface area contributed by atoms with Crippen molar-refractivity contribution in [3.63, 3.8) is 0 Å². The maximum Gasteiger partial charge on any atom is 0.305 e. The molecule has 1 N–H and O–H groups in total. The summed E-state index contributed by atoms with van der Waals surface area (Å²) in [6.07, 6.45) is 1.35. The SMILES string of the molecule is CCCC(=O)OCC(O)CN(CCC(C)C)Cc1c(-c2ccccc2)noc1N(CC)CC. The van der Waals surface area contributed by atoms with Crippen LogP contribution in [-0.2, 0) is 16.1 Å². The first-order chi connectivity index (χ1) is 15.9. The first kappa shape index (κ1) is 26.9. The van der Waals surface area contributed by atoms with Gasteiger partial charge < -0.3 is 19.3 Å². The van der Waals surface area contributed by atoms with Crippen LogP contribution in [0.25, 0.3) is 11.3 Å². The number of rotatable bonds is 15. The van der Waals surface area contributed by atoms with E-state index in [1.165, 1.54) is 0 Å². The van der Waals surface area contributed by atoms with Crippen LogP contribution in [0.5, 0.6) is 0 Å². The van der Waals surface area contributed by atoms with Gasteiger partial charge in [-0.05, 0) is 39.2 Å². The first-order valence-electron chi connectivity index (χ1n) is 12.2. The van der Waals surface area contributed by atoms with E-state index in [0.717, 1.165) is 55.2 Å². The fourth-order valence-corrected chi connectivity index (χ4v) is 3.74. The molecule has 1 aromatic carbocycles. The summed E-state index contributed by atoms with van der Waals surface area (Å²) in [7, 11) is 0. The predicted molar refractivity (Wildman–Crippen MR) is 132 cm³/mol. The molecule has 7 heteroatoms. The average molecular weight is 460 g/mol. The molecular formula is C26H41N3O4. The minimum absolute atomic E-state index is 0.00902. The van der Waals surface area contributed by atoms with Gasteiger partial charge in [0, 0.05) is 38.2 Å². The molecule has 0 saturated carbocycles. The molecule has 0 radical (unpaired) electrons. The van der Waals surface area contributed by atoms with E-state index in [1.54, 1.807) is 0 Å². The van der Waals surface area contributed by atoms with Gasteiger partial charge in [-0.15, -0.1) is 0 Å². The van der Waals surface area contributed by atoms with Crippen molar-refractivity contribution < 1.29 is 19.2 Å². The summed E-state index contributed by atoms with van der Waals surface area (Å²) in [6.45, 7) is 14.0. The van der Waals surface area contributed by atoms with Crippen molar-refractivity contribution >= 4 is 11.9 Å². The molecule has 1 aromatic heterocycles. The number of benzene rings is 1. The Bertz CT molecular complexity index is 818. The Labute approximate surface area is 198 Å². The molecule has 0 fully saturated rings. The molecule has 0 spiro atoms. The summed E-state index contributed by atoms with van der Waals surface area (Å²) in [5, 5.41) is 15.1. The highest BCUT2D eigenvalue weighted by Crippen LogP contribution is 2.32. The van der Waals surface area contributed by atoms with Crippen LogP contribution >= 0.6 is 0 Å². The third-order valence-corrected chi connectivity index (χ3v) is 5.63. The van der Waals surface area contributed by atoms with E-state index in [0.29, 0.717) is 25.4 Å². The van der Waals surface area contributed by atoms with E-state index in [9.17, 15) is 9.90 Å². The van der Waals surface area contributed by atoms with E-state index >= 15 is 0 Å². The monoisotopic (exact) mass is 459 g/mol. The molecule has 1 atom stereocenters. The molecule has 0 bridgehead atoms. The average Bonchev–Trinajstić information content (AvgIpc) is 3.21. The van der Waals surface area contributed by atoms with Crippen LogP contribution < -0.4 is 4.90 Å². The zero-order chi connectivity index (χ0) is 24.2. The molecular weight excluding hydrogens is 418 g/mol. The Hall–Kier alpha value is -2.38. The topological polar surface area (TPSA) is 79.0 Å². The lowest BCUT2D eigenvalue weighted by molar-refractivity contribution is -0.147. The third-order valence-electron chi connectivity index (χ3n) is 5.63. The maximum atomic E-state index is 11.7. The second kappa shape index (κ2) is 14.0. The molecule has 7 nitrogen and oxygen atoms in total. The second-order valence-electron chi connectivity index (χ2n) is 8.86. The molecule has 0 saturated heterocycles. The van der Waals surface area contributed by atoms with Crippen LogP contribution in [0.15, 0.2) is 34.9 Å². The Kier molecular flexibility index (Phi) is 11.4. The Morgan fingerprint density at radius 2 is 1.85 bits per heavy atom. The Morgan fingerprint density at radius 3 is 2.45 bits per heavy atom. The highest BCUT2D eigenvalue weighted by Gasteiger charge is 2.24. The minimum Gasteiger partial charge on any atom is -0.463 e. The summed E-state index contributed by atoms with van der Waals surface area (Å²) < 4.78 is 11.1. The summed E-state index contributed by atoms with van der Waals surface area (Å²) in [4.78, 5) is 16.1. The summed E-state index contributed by atoms with van der Waals surface area (Å²) in [5.41, 5.74) is 2.85. The molecule has 2 aromatic rings. The van der Waals surface area contributed by atoms with Crippen molar-refractivity contribution in [1.29, 1.82) is 0 Å². The van der Waals surface area contributed by atoms with Crippen LogP contribution in [0.4, 0.5) is 5.88 Å². The zero-order valence-electron chi connectivity index (χ0n) is 20.9. The van der Waals surface area contributed by atoms with Crippen LogP contribution in [0.3, 0.4) is 0 Å². The number of aromatic nitrogens is 1. The molecule has 0 aliphatic rings. The number of esters is 1. The quantitative estimate of drug-likeness (QED) is 0.385. The highest BCUT2D eigenvalue weighted by atomic mass is 16.5. The number of hydrogen-bond acceptors (Lipinski definition) is 7. The fraction of sp³-hybridized carbons (Fsp3) is 0.615. The zero-order valence-corrected chi connectivity index (χ0v) is 20.9. The molecule has 0 aliphatic carbocycles. The van der Waals surface area contributed by atoms with E-state index in [2.05, 4.69) is 42.7 Å². The fourth-order valence-electron chi connectivity index (χ4n) is 3.74. The van der Waals surface area contributed by atoms with Gasteiger partial charge in [0.2, 0.25) is 5.88 Å². The van der Waals surface area contributed by atoms with Crippen molar-refractivity contribution in [3.8, 4) is 11.3 Å². The number of aliphatic hydroxyl groups is 1. The van der Waals surface area contributed by atoms with Crippen LogP contribution in [0.2, 0.25) is 0 Å². The van der Waals surface area contributed by atoms with Gasteiger partial charge in [0.15, 0.2) is 0 Å². The smallest absolute Gasteiger partial charge is 0.305 e. The predicted octanol–water partition coefficient (Wildman–Crippen LogP) is 4.74. The van der Waals surface area contributed by atoms with Crippen molar-refractivity contribution in [3.05, 3.63) is 35.9 Å². The van der Waals surface area contributed by atoms with Gasteiger partial charge in [-0.3, -0.25) is 9.69 Å². The molecule has 0 aliphatic heterocycles. The van der Waals surface area contributed by atoms with Gasteiger partial charge in [0.25, 0.3) is 0 Å². The molecule has 184 valence electrons. The number of ether oxygens (including phenoxy) is 1. The summed E-state index contributed by atoms with van der Waals surface area (Å²) in [6, 6.07) is 10.0. The van der Waals surface area contributed by atoms with E-state index < -0.39 is 6.10 Å². The van der Waals surface area contributed by atoms with E-state index in [4.69, 9.17) is 9.26 Å². The Balaban J connectivity index is 2.27. The molecule has 1 heterocycles. The number of aliphatic hydroxyl groups excluding tert-OH is 1.